The van der Waals surface area contributed by atoms with Crippen molar-refractivity contribution in [3.05, 3.63) is 69.3 Å². The molecule has 6 heteroatoms. The van der Waals surface area contributed by atoms with Gasteiger partial charge in [-0.25, -0.2) is 4.79 Å². The number of ketones is 1. The quantitative estimate of drug-likeness (QED) is 0.686. The van der Waals surface area contributed by atoms with Crippen LogP contribution in [0.25, 0.3) is 6.08 Å². The predicted octanol–water partition coefficient (Wildman–Crippen LogP) is 2.60. The molecular formula is C18H16O6. The van der Waals surface area contributed by atoms with Crippen molar-refractivity contribution in [2.24, 2.45) is 0 Å². The topological polar surface area (TPSA) is 86.0 Å². The monoisotopic (exact) mass is 328 g/mol. The highest BCUT2D eigenvalue weighted by atomic mass is 16.7. The third-order valence-electron chi connectivity index (χ3n) is 3.53. The molecular weight excluding hydrogens is 312 g/mol. The van der Waals surface area contributed by atoms with E-state index in [1.165, 1.54) is 19.1 Å². The van der Waals surface area contributed by atoms with Crippen molar-refractivity contribution in [3.63, 3.8) is 0 Å². The molecule has 1 aliphatic rings. The average molecular weight is 328 g/mol. The van der Waals surface area contributed by atoms with E-state index in [4.69, 9.17) is 13.9 Å². The number of ether oxygens (including phenoxy) is 2. The SMILES string of the molecule is Cc1cc(O)c(C(=O)C=Cc2cccc(C3OCCO3)c2)c(=O)o1. The number of hydrogen-bond acceptors (Lipinski definition) is 6. The second kappa shape index (κ2) is 6.82. The number of benzene rings is 1. The first-order chi connectivity index (χ1) is 11.5. The fourth-order valence-electron chi connectivity index (χ4n) is 2.44. The van der Waals surface area contributed by atoms with Crippen LogP contribution >= 0.6 is 0 Å². The molecule has 6 nitrogen and oxygen atoms in total. The van der Waals surface area contributed by atoms with Gasteiger partial charge in [0.15, 0.2) is 12.1 Å². The van der Waals surface area contributed by atoms with E-state index in [9.17, 15) is 14.7 Å². The minimum atomic E-state index is -0.858. The van der Waals surface area contributed by atoms with Crippen molar-refractivity contribution >= 4 is 11.9 Å². The normalized spacial score (nSPS) is 15.2. The highest BCUT2D eigenvalue weighted by molar-refractivity contribution is 6.08. The molecule has 1 aromatic carbocycles. The molecule has 124 valence electrons. The summed E-state index contributed by atoms with van der Waals surface area (Å²) in [4.78, 5) is 23.9. The predicted molar refractivity (Wildman–Crippen MR) is 85.8 cm³/mol. The third kappa shape index (κ3) is 3.45. The van der Waals surface area contributed by atoms with Crippen LogP contribution < -0.4 is 5.63 Å². The molecule has 1 aromatic heterocycles. The Labute approximate surface area is 137 Å². The Balaban J connectivity index is 1.82. The number of carbonyl (C=O) groups is 1. The Hall–Kier alpha value is -2.70. The first-order valence-corrected chi connectivity index (χ1v) is 7.44. The zero-order chi connectivity index (χ0) is 17.1. The lowest BCUT2D eigenvalue weighted by atomic mass is 10.1. The van der Waals surface area contributed by atoms with E-state index in [1.807, 2.05) is 18.2 Å². The molecule has 0 unspecified atom stereocenters. The third-order valence-corrected chi connectivity index (χ3v) is 3.53. The molecule has 0 atom stereocenters. The summed E-state index contributed by atoms with van der Waals surface area (Å²) in [5, 5.41) is 9.78. The second-order valence-corrected chi connectivity index (χ2v) is 5.35. The van der Waals surface area contributed by atoms with E-state index in [-0.39, 0.29) is 17.1 Å². The zero-order valence-corrected chi connectivity index (χ0v) is 13.0. The van der Waals surface area contributed by atoms with Crippen LogP contribution in [-0.4, -0.2) is 24.1 Å². The Morgan fingerprint density at radius 3 is 2.71 bits per heavy atom. The van der Waals surface area contributed by atoms with Gasteiger partial charge in [-0.2, -0.15) is 0 Å². The van der Waals surface area contributed by atoms with Gasteiger partial charge in [0.05, 0.1) is 13.2 Å². The fraction of sp³-hybridized carbons (Fsp3) is 0.222. The molecule has 0 radical (unpaired) electrons. The van der Waals surface area contributed by atoms with Crippen LogP contribution in [-0.2, 0) is 9.47 Å². The summed E-state index contributed by atoms with van der Waals surface area (Å²) in [6.07, 6.45) is 2.37. The molecule has 1 N–H and O–H groups in total. The Morgan fingerprint density at radius 1 is 1.25 bits per heavy atom. The van der Waals surface area contributed by atoms with E-state index < -0.39 is 17.7 Å². The molecule has 3 rings (SSSR count). The number of aromatic hydroxyl groups is 1. The van der Waals surface area contributed by atoms with Crippen LogP contribution in [0.3, 0.4) is 0 Å². The summed E-state index contributed by atoms with van der Waals surface area (Å²) in [6.45, 7) is 2.61. The average Bonchev–Trinajstić information content (AvgIpc) is 3.07. The standard InChI is InChI=1S/C18H16O6/c1-11-9-15(20)16(17(21)24-11)14(19)6-5-12-3-2-4-13(10-12)18-22-7-8-23-18/h2-6,9-10,18,20H,7-8H2,1H3. The van der Waals surface area contributed by atoms with Crippen molar-refractivity contribution in [2.45, 2.75) is 13.2 Å². The molecule has 1 saturated heterocycles. The highest BCUT2D eigenvalue weighted by Crippen LogP contribution is 2.24. The van der Waals surface area contributed by atoms with Gasteiger partial charge < -0.3 is 19.0 Å². The molecule has 0 spiro atoms. The van der Waals surface area contributed by atoms with Gasteiger partial charge >= 0.3 is 5.63 Å². The Bertz CT molecular complexity index is 843. The van der Waals surface area contributed by atoms with Gasteiger partial charge in [-0.05, 0) is 24.6 Å². The van der Waals surface area contributed by atoms with Crippen LogP contribution in [0.15, 0.2) is 45.6 Å². The van der Waals surface area contributed by atoms with Gasteiger partial charge in [0, 0.05) is 11.6 Å². The lowest BCUT2D eigenvalue weighted by Crippen LogP contribution is -2.12. The lowest BCUT2D eigenvalue weighted by molar-refractivity contribution is -0.0441. The van der Waals surface area contributed by atoms with Crippen LogP contribution in [0.5, 0.6) is 5.75 Å². The summed E-state index contributed by atoms with van der Waals surface area (Å²) >= 11 is 0. The summed E-state index contributed by atoms with van der Waals surface area (Å²) in [5.41, 5.74) is 0.356. The summed E-state index contributed by atoms with van der Waals surface area (Å²) < 4.78 is 15.7. The first kappa shape index (κ1) is 16.2. The van der Waals surface area contributed by atoms with Crippen molar-refractivity contribution < 1.29 is 23.8 Å². The van der Waals surface area contributed by atoms with Gasteiger partial charge in [0.25, 0.3) is 0 Å². The van der Waals surface area contributed by atoms with Crippen LogP contribution in [0.1, 0.15) is 33.5 Å². The minimum Gasteiger partial charge on any atom is -0.507 e. The van der Waals surface area contributed by atoms with E-state index in [0.29, 0.717) is 13.2 Å². The largest absolute Gasteiger partial charge is 0.507 e. The molecule has 2 heterocycles. The molecule has 0 amide bonds. The van der Waals surface area contributed by atoms with Crippen LogP contribution in [0.2, 0.25) is 0 Å². The Morgan fingerprint density at radius 2 is 2.00 bits per heavy atom. The molecule has 1 fully saturated rings. The smallest absolute Gasteiger partial charge is 0.351 e. The van der Waals surface area contributed by atoms with Crippen LogP contribution in [0, 0.1) is 6.92 Å². The number of aryl methyl sites for hydroxylation is 1. The van der Waals surface area contributed by atoms with Crippen molar-refractivity contribution in [3.8, 4) is 5.75 Å². The maximum absolute atomic E-state index is 12.2. The second-order valence-electron chi connectivity index (χ2n) is 5.35. The van der Waals surface area contributed by atoms with Crippen LogP contribution in [0.4, 0.5) is 0 Å². The number of carbonyl (C=O) groups excluding carboxylic acids is 1. The van der Waals surface area contributed by atoms with Gasteiger partial charge in [0.1, 0.15) is 17.1 Å². The van der Waals surface area contributed by atoms with Gasteiger partial charge in [-0.1, -0.05) is 24.3 Å². The van der Waals surface area contributed by atoms with Crippen molar-refractivity contribution in [2.75, 3.05) is 13.2 Å². The Kier molecular flexibility index (Phi) is 4.59. The summed E-state index contributed by atoms with van der Waals surface area (Å²) in [6, 6.07) is 8.56. The lowest BCUT2D eigenvalue weighted by Gasteiger charge is -2.09. The van der Waals surface area contributed by atoms with Gasteiger partial charge in [0.2, 0.25) is 0 Å². The van der Waals surface area contributed by atoms with Crippen molar-refractivity contribution in [1.29, 1.82) is 0 Å². The summed E-state index contributed by atoms with van der Waals surface area (Å²) in [5.74, 6) is -0.776. The zero-order valence-electron chi connectivity index (χ0n) is 13.0. The molecule has 24 heavy (non-hydrogen) atoms. The summed E-state index contributed by atoms with van der Waals surface area (Å²) in [7, 11) is 0. The maximum atomic E-state index is 12.2. The van der Waals surface area contributed by atoms with E-state index in [2.05, 4.69) is 0 Å². The van der Waals surface area contributed by atoms with Crippen molar-refractivity contribution in [1.82, 2.24) is 0 Å². The van der Waals surface area contributed by atoms with Gasteiger partial charge in [-0.3, -0.25) is 4.79 Å². The molecule has 0 aliphatic carbocycles. The molecule has 2 aromatic rings. The van der Waals surface area contributed by atoms with E-state index >= 15 is 0 Å². The number of rotatable bonds is 4. The first-order valence-electron chi connectivity index (χ1n) is 7.44. The van der Waals surface area contributed by atoms with Gasteiger partial charge in [-0.15, -0.1) is 0 Å². The molecule has 0 saturated carbocycles. The highest BCUT2D eigenvalue weighted by Gasteiger charge is 2.18. The number of allylic oxidation sites excluding steroid dienone is 1. The van der Waals surface area contributed by atoms with E-state index in [0.717, 1.165) is 11.1 Å². The maximum Gasteiger partial charge on any atom is 0.351 e. The van der Waals surface area contributed by atoms with E-state index in [1.54, 1.807) is 12.1 Å². The molecule has 1 aliphatic heterocycles. The molecule has 0 bridgehead atoms. The minimum absolute atomic E-state index is 0.238. The number of hydrogen-bond donors (Lipinski definition) is 1. The fourth-order valence-corrected chi connectivity index (χ4v) is 2.44.